The van der Waals surface area contributed by atoms with Gasteiger partial charge in [-0.2, -0.15) is 0 Å². The Morgan fingerprint density at radius 3 is 2.84 bits per heavy atom. The quantitative estimate of drug-likeness (QED) is 0.560. The van der Waals surface area contributed by atoms with E-state index < -0.39 is 0 Å². The van der Waals surface area contributed by atoms with E-state index in [4.69, 9.17) is 11.6 Å². The van der Waals surface area contributed by atoms with Gasteiger partial charge in [0.2, 0.25) is 5.95 Å². The van der Waals surface area contributed by atoms with Crippen LogP contribution >= 0.6 is 11.6 Å². The molecule has 2 aromatic heterocycles. The van der Waals surface area contributed by atoms with E-state index in [1.54, 1.807) is 22.9 Å². The second-order valence-corrected chi connectivity index (χ2v) is 8.53. The molecule has 0 amide bonds. The molecule has 31 heavy (non-hydrogen) atoms. The van der Waals surface area contributed by atoms with Crippen LogP contribution in [0.3, 0.4) is 0 Å². The molecule has 1 aliphatic rings. The van der Waals surface area contributed by atoms with Crippen molar-refractivity contribution in [1.29, 1.82) is 0 Å². The molecule has 0 radical (unpaired) electrons. The fraction of sp³-hybridized carbons (Fsp3) is 0.375. The molecule has 0 spiro atoms. The normalized spacial score (nSPS) is 19.3. The average molecular weight is 439 g/mol. The van der Waals surface area contributed by atoms with Crippen molar-refractivity contribution in [3.63, 3.8) is 0 Å². The number of nitrogens with one attached hydrogen (secondary N) is 1. The molecule has 0 saturated heterocycles. The highest BCUT2D eigenvalue weighted by Gasteiger charge is 2.23. The van der Waals surface area contributed by atoms with Gasteiger partial charge in [-0.05, 0) is 55.5 Å². The minimum absolute atomic E-state index is 0.0679. The minimum Gasteiger partial charge on any atom is -0.393 e. The number of aromatic nitrogens is 3. The van der Waals surface area contributed by atoms with E-state index in [1.165, 1.54) is 0 Å². The van der Waals surface area contributed by atoms with Crippen LogP contribution in [0.4, 0.5) is 5.95 Å². The molecular weight excluding hydrogens is 412 g/mol. The number of benzene rings is 1. The van der Waals surface area contributed by atoms with E-state index in [0.717, 1.165) is 36.8 Å². The third kappa shape index (κ3) is 5.14. The summed E-state index contributed by atoms with van der Waals surface area (Å²) in [5.41, 5.74) is 2.38. The van der Waals surface area contributed by atoms with Gasteiger partial charge in [0.05, 0.1) is 17.8 Å². The number of aliphatic hydroxyl groups excluding tert-OH is 1. The van der Waals surface area contributed by atoms with Crippen LogP contribution in [0.2, 0.25) is 5.02 Å². The lowest BCUT2D eigenvalue weighted by Gasteiger charge is -2.20. The van der Waals surface area contributed by atoms with Gasteiger partial charge >= 0.3 is 0 Å². The Labute approximate surface area is 187 Å². The maximum Gasteiger partial charge on any atom is 0.251 e. The molecule has 0 aliphatic heterocycles. The van der Waals surface area contributed by atoms with Crippen molar-refractivity contribution >= 4 is 17.5 Å². The van der Waals surface area contributed by atoms with E-state index in [9.17, 15) is 9.90 Å². The second kappa shape index (κ2) is 9.62. The predicted molar refractivity (Wildman–Crippen MR) is 123 cm³/mol. The SMILES string of the molecule is CCC[C@H](c1cccc(Cl)c1)n1ccc(-c2ccnc(N[C@H]3CC[C@H](O)C3)n2)cc1=O. The topological polar surface area (TPSA) is 80.0 Å². The number of pyridine rings is 1. The average Bonchev–Trinajstić information content (AvgIpc) is 3.17. The second-order valence-electron chi connectivity index (χ2n) is 8.09. The monoisotopic (exact) mass is 438 g/mol. The standard InChI is InChI=1S/C24H27ClN4O2/c1-2-4-22(17-5-3-6-18(25)13-17)29-12-10-16(14-23(29)31)21-9-11-26-24(28-21)27-19-7-8-20(30)15-19/h3,5-6,9-14,19-20,22,30H,2,4,7-8,15H2,1H3,(H,26,27,28)/t19-,20-,22+/m0/s1. The molecule has 3 atom stereocenters. The van der Waals surface area contributed by atoms with Gasteiger partial charge in [0, 0.05) is 35.1 Å². The number of aliphatic hydroxyl groups is 1. The molecule has 6 nitrogen and oxygen atoms in total. The Balaban J connectivity index is 1.59. The first-order valence-corrected chi connectivity index (χ1v) is 11.2. The lowest BCUT2D eigenvalue weighted by molar-refractivity contribution is 0.182. The van der Waals surface area contributed by atoms with Crippen LogP contribution in [0.1, 0.15) is 50.6 Å². The van der Waals surface area contributed by atoms with Crippen molar-refractivity contribution < 1.29 is 5.11 Å². The van der Waals surface area contributed by atoms with E-state index in [0.29, 0.717) is 23.1 Å². The first-order valence-electron chi connectivity index (χ1n) is 10.8. The number of nitrogens with zero attached hydrogens (tertiary/aromatic N) is 3. The zero-order valence-electron chi connectivity index (χ0n) is 17.5. The van der Waals surface area contributed by atoms with Gasteiger partial charge in [0.15, 0.2) is 0 Å². The molecule has 1 aromatic carbocycles. The summed E-state index contributed by atoms with van der Waals surface area (Å²) in [5, 5.41) is 13.7. The first-order chi connectivity index (χ1) is 15.0. The van der Waals surface area contributed by atoms with Crippen molar-refractivity contribution in [2.45, 2.75) is 57.2 Å². The van der Waals surface area contributed by atoms with Crippen LogP contribution in [-0.4, -0.2) is 31.8 Å². The van der Waals surface area contributed by atoms with E-state index in [-0.39, 0.29) is 23.7 Å². The number of hydrogen-bond donors (Lipinski definition) is 2. The molecule has 7 heteroatoms. The highest BCUT2D eigenvalue weighted by Crippen LogP contribution is 2.26. The molecule has 2 heterocycles. The molecule has 0 unspecified atom stereocenters. The maximum absolute atomic E-state index is 13.0. The van der Waals surface area contributed by atoms with Gasteiger partial charge in [0.1, 0.15) is 0 Å². The van der Waals surface area contributed by atoms with E-state index in [2.05, 4.69) is 22.2 Å². The van der Waals surface area contributed by atoms with Crippen LogP contribution < -0.4 is 10.9 Å². The summed E-state index contributed by atoms with van der Waals surface area (Å²) in [6.45, 7) is 2.11. The van der Waals surface area contributed by atoms with Crippen molar-refractivity contribution in [2.24, 2.45) is 0 Å². The Morgan fingerprint density at radius 1 is 1.26 bits per heavy atom. The van der Waals surface area contributed by atoms with Gasteiger partial charge in [0.25, 0.3) is 5.56 Å². The van der Waals surface area contributed by atoms with E-state index >= 15 is 0 Å². The van der Waals surface area contributed by atoms with E-state index in [1.807, 2.05) is 36.5 Å². The smallest absolute Gasteiger partial charge is 0.251 e. The summed E-state index contributed by atoms with van der Waals surface area (Å²) < 4.78 is 1.76. The molecular formula is C24H27ClN4O2. The van der Waals surface area contributed by atoms with Crippen LogP contribution in [-0.2, 0) is 0 Å². The Morgan fingerprint density at radius 2 is 2.13 bits per heavy atom. The summed E-state index contributed by atoms with van der Waals surface area (Å²) in [6.07, 6.45) is 7.44. The van der Waals surface area contributed by atoms with Gasteiger partial charge in [-0.3, -0.25) is 4.79 Å². The highest BCUT2D eigenvalue weighted by molar-refractivity contribution is 6.30. The van der Waals surface area contributed by atoms with Gasteiger partial charge in [-0.25, -0.2) is 9.97 Å². The highest BCUT2D eigenvalue weighted by atomic mass is 35.5. The third-order valence-electron chi connectivity index (χ3n) is 5.77. The summed E-state index contributed by atoms with van der Waals surface area (Å²) >= 11 is 6.18. The molecule has 1 saturated carbocycles. The van der Waals surface area contributed by atoms with Crippen molar-refractivity contribution in [2.75, 3.05) is 5.32 Å². The Kier molecular flexibility index (Phi) is 6.68. The van der Waals surface area contributed by atoms with Crippen LogP contribution in [0.5, 0.6) is 0 Å². The third-order valence-corrected chi connectivity index (χ3v) is 6.00. The molecule has 162 valence electrons. The van der Waals surface area contributed by atoms with Crippen LogP contribution in [0, 0.1) is 0 Å². The first kappa shape index (κ1) is 21.5. The fourth-order valence-corrected chi connectivity index (χ4v) is 4.42. The minimum atomic E-state index is -0.260. The zero-order valence-corrected chi connectivity index (χ0v) is 18.3. The summed E-state index contributed by atoms with van der Waals surface area (Å²) in [6, 6.07) is 13.1. The van der Waals surface area contributed by atoms with Crippen LogP contribution in [0.15, 0.2) is 59.7 Å². The Hall–Kier alpha value is -2.70. The van der Waals surface area contributed by atoms with Gasteiger partial charge < -0.3 is 15.0 Å². The van der Waals surface area contributed by atoms with Crippen molar-refractivity contribution in [1.82, 2.24) is 14.5 Å². The molecule has 0 bridgehead atoms. The van der Waals surface area contributed by atoms with Crippen molar-refractivity contribution in [3.05, 3.63) is 75.8 Å². The molecule has 2 N–H and O–H groups in total. The summed E-state index contributed by atoms with van der Waals surface area (Å²) in [4.78, 5) is 21.9. The Bertz CT molecular complexity index is 1100. The van der Waals surface area contributed by atoms with Gasteiger partial charge in [-0.15, -0.1) is 0 Å². The molecule has 4 rings (SSSR count). The zero-order chi connectivity index (χ0) is 21.8. The molecule has 1 aliphatic carbocycles. The lowest BCUT2D eigenvalue weighted by Crippen LogP contribution is -2.24. The summed E-state index contributed by atoms with van der Waals surface area (Å²) in [7, 11) is 0. The number of anilines is 1. The van der Waals surface area contributed by atoms with Crippen molar-refractivity contribution in [3.8, 4) is 11.3 Å². The molecule has 1 fully saturated rings. The van der Waals surface area contributed by atoms with Gasteiger partial charge in [-0.1, -0.05) is 37.1 Å². The predicted octanol–water partition coefficient (Wildman–Crippen LogP) is 4.67. The maximum atomic E-state index is 13.0. The fourth-order valence-electron chi connectivity index (χ4n) is 4.22. The number of rotatable bonds is 7. The largest absolute Gasteiger partial charge is 0.393 e. The molecule has 3 aromatic rings. The number of hydrogen-bond acceptors (Lipinski definition) is 5. The van der Waals surface area contributed by atoms with Crippen LogP contribution in [0.25, 0.3) is 11.3 Å². The number of halogens is 1. The summed E-state index contributed by atoms with van der Waals surface area (Å²) in [5.74, 6) is 0.517. The lowest BCUT2D eigenvalue weighted by atomic mass is 10.0.